The summed E-state index contributed by atoms with van der Waals surface area (Å²) in [4.78, 5) is 0. The lowest BCUT2D eigenvalue weighted by Gasteiger charge is -2.38. The summed E-state index contributed by atoms with van der Waals surface area (Å²) in [5.41, 5.74) is 1.67. The van der Waals surface area contributed by atoms with Crippen molar-refractivity contribution < 1.29 is 0 Å². The SMILES string of the molecule is CC1(C)C2CCC1(C)C(N=NC1CC3CCC1(C)C3(C)C)C2. The van der Waals surface area contributed by atoms with E-state index in [1.54, 1.807) is 0 Å². The van der Waals surface area contributed by atoms with Crippen LogP contribution >= 0.6 is 0 Å². The number of hydrogen-bond donors (Lipinski definition) is 0. The highest BCUT2D eigenvalue weighted by atomic mass is 15.2. The molecular formula is C20H34N2. The Morgan fingerprint density at radius 3 is 1.23 bits per heavy atom. The molecule has 6 unspecified atom stereocenters. The van der Waals surface area contributed by atoms with Crippen LogP contribution in [0.15, 0.2) is 10.2 Å². The van der Waals surface area contributed by atoms with E-state index in [1.807, 2.05) is 0 Å². The minimum Gasteiger partial charge on any atom is -0.190 e. The molecule has 4 aliphatic carbocycles. The van der Waals surface area contributed by atoms with Crippen LogP contribution in [0.2, 0.25) is 0 Å². The molecule has 2 heteroatoms. The van der Waals surface area contributed by atoms with Gasteiger partial charge in [0.15, 0.2) is 0 Å². The van der Waals surface area contributed by atoms with Crippen molar-refractivity contribution in [3.8, 4) is 0 Å². The average Bonchev–Trinajstić information content (AvgIpc) is 2.95. The molecule has 0 aliphatic heterocycles. The summed E-state index contributed by atoms with van der Waals surface area (Å²) in [6, 6.07) is 0.958. The van der Waals surface area contributed by atoms with Crippen molar-refractivity contribution in [1.82, 2.24) is 0 Å². The van der Waals surface area contributed by atoms with E-state index in [9.17, 15) is 0 Å². The maximum absolute atomic E-state index is 5.01. The second-order valence-corrected chi connectivity index (χ2v) is 10.5. The van der Waals surface area contributed by atoms with Crippen LogP contribution in [0.1, 0.15) is 80.1 Å². The number of hydrogen-bond acceptors (Lipinski definition) is 2. The fraction of sp³-hybridized carbons (Fsp3) is 1.00. The zero-order valence-electron chi connectivity index (χ0n) is 15.4. The van der Waals surface area contributed by atoms with E-state index in [0.717, 1.165) is 11.8 Å². The zero-order valence-corrected chi connectivity index (χ0v) is 15.4. The zero-order chi connectivity index (χ0) is 16.0. The topological polar surface area (TPSA) is 24.7 Å². The van der Waals surface area contributed by atoms with E-state index >= 15 is 0 Å². The first kappa shape index (κ1) is 15.1. The summed E-state index contributed by atoms with van der Waals surface area (Å²) in [7, 11) is 0. The van der Waals surface area contributed by atoms with Gasteiger partial charge in [-0.05, 0) is 72.0 Å². The third kappa shape index (κ3) is 1.53. The molecule has 0 N–H and O–H groups in total. The molecule has 4 saturated carbocycles. The minimum absolute atomic E-state index is 0.384. The Balaban J connectivity index is 1.55. The van der Waals surface area contributed by atoms with Crippen LogP contribution in [-0.4, -0.2) is 12.1 Å². The Kier molecular flexibility index (Phi) is 2.87. The molecule has 0 heterocycles. The summed E-state index contributed by atoms with van der Waals surface area (Å²) < 4.78 is 0. The summed E-state index contributed by atoms with van der Waals surface area (Å²) in [5.74, 6) is 1.74. The molecule has 22 heavy (non-hydrogen) atoms. The van der Waals surface area contributed by atoms with E-state index in [4.69, 9.17) is 10.2 Å². The highest BCUT2D eigenvalue weighted by Gasteiger charge is 2.63. The Bertz CT molecular complexity index is 474. The number of rotatable bonds is 2. The molecule has 4 rings (SSSR count). The van der Waals surface area contributed by atoms with E-state index < -0.39 is 0 Å². The maximum Gasteiger partial charge on any atom is 0.0769 e. The highest BCUT2D eigenvalue weighted by molar-refractivity contribution is 5.15. The van der Waals surface area contributed by atoms with Gasteiger partial charge in [-0.1, -0.05) is 41.5 Å². The van der Waals surface area contributed by atoms with Crippen LogP contribution in [-0.2, 0) is 0 Å². The van der Waals surface area contributed by atoms with Gasteiger partial charge in [0.2, 0.25) is 0 Å². The summed E-state index contributed by atoms with van der Waals surface area (Å²) in [5, 5.41) is 10.0. The standard InChI is InChI=1S/C20H34N2/c1-17(2)13-7-9-19(17,5)15(11-13)21-22-16-12-14-8-10-20(16,6)18(14,3)4/h13-16H,7-12H2,1-6H3. The monoisotopic (exact) mass is 302 g/mol. The van der Waals surface area contributed by atoms with Gasteiger partial charge in [0.05, 0.1) is 12.1 Å². The van der Waals surface area contributed by atoms with Crippen LogP contribution in [0, 0.1) is 33.5 Å². The van der Waals surface area contributed by atoms with Gasteiger partial charge in [-0.2, -0.15) is 10.2 Å². The first-order valence-electron chi connectivity index (χ1n) is 9.53. The first-order chi connectivity index (χ1) is 10.1. The molecule has 6 atom stereocenters. The Morgan fingerprint density at radius 1 is 0.636 bits per heavy atom. The quantitative estimate of drug-likeness (QED) is 0.570. The molecule has 4 aliphatic rings. The lowest BCUT2D eigenvalue weighted by atomic mass is 9.69. The molecule has 0 radical (unpaired) electrons. The van der Waals surface area contributed by atoms with Gasteiger partial charge >= 0.3 is 0 Å². The van der Waals surface area contributed by atoms with Crippen LogP contribution in [0.3, 0.4) is 0 Å². The van der Waals surface area contributed by atoms with Crippen molar-refractivity contribution >= 4 is 0 Å². The molecular weight excluding hydrogens is 268 g/mol. The van der Waals surface area contributed by atoms with Gasteiger partial charge in [-0.3, -0.25) is 0 Å². The second-order valence-electron chi connectivity index (χ2n) is 10.5. The number of fused-ring (bicyclic) bond motifs is 4. The Hall–Kier alpha value is -0.400. The highest BCUT2D eigenvalue weighted by Crippen LogP contribution is 2.68. The molecule has 0 aromatic carbocycles. The van der Waals surface area contributed by atoms with Crippen molar-refractivity contribution in [2.75, 3.05) is 0 Å². The fourth-order valence-electron chi connectivity index (χ4n) is 6.83. The third-order valence-electron chi connectivity index (χ3n) is 9.84. The molecule has 0 amide bonds. The molecule has 2 nitrogen and oxygen atoms in total. The van der Waals surface area contributed by atoms with Crippen molar-refractivity contribution in [1.29, 1.82) is 0 Å². The third-order valence-corrected chi connectivity index (χ3v) is 9.84. The van der Waals surface area contributed by atoms with Crippen molar-refractivity contribution in [2.24, 2.45) is 43.7 Å². The Morgan fingerprint density at radius 2 is 1.00 bits per heavy atom. The number of nitrogens with zero attached hydrogens (tertiary/aromatic N) is 2. The number of azo groups is 1. The molecule has 0 saturated heterocycles. The van der Waals surface area contributed by atoms with E-state index in [-0.39, 0.29) is 0 Å². The van der Waals surface area contributed by atoms with E-state index in [0.29, 0.717) is 33.7 Å². The van der Waals surface area contributed by atoms with Gasteiger partial charge in [0.25, 0.3) is 0 Å². The van der Waals surface area contributed by atoms with Crippen LogP contribution in [0.4, 0.5) is 0 Å². The van der Waals surface area contributed by atoms with E-state index in [1.165, 1.54) is 38.5 Å². The van der Waals surface area contributed by atoms with Crippen molar-refractivity contribution in [3.05, 3.63) is 0 Å². The van der Waals surface area contributed by atoms with Gasteiger partial charge in [-0.25, -0.2) is 0 Å². The van der Waals surface area contributed by atoms with Crippen molar-refractivity contribution in [3.63, 3.8) is 0 Å². The van der Waals surface area contributed by atoms with E-state index in [2.05, 4.69) is 41.5 Å². The lowest BCUT2D eigenvalue weighted by Crippen LogP contribution is -2.36. The molecule has 124 valence electrons. The summed E-state index contributed by atoms with van der Waals surface area (Å²) in [6.07, 6.45) is 8.08. The fourth-order valence-corrected chi connectivity index (χ4v) is 6.83. The Labute approximate surface area is 136 Å². The molecule has 0 spiro atoms. The average molecular weight is 303 g/mol. The molecule has 4 fully saturated rings. The van der Waals surface area contributed by atoms with Crippen LogP contribution in [0.25, 0.3) is 0 Å². The van der Waals surface area contributed by atoms with Crippen molar-refractivity contribution in [2.45, 2.75) is 92.2 Å². The molecule has 4 bridgehead atoms. The smallest absolute Gasteiger partial charge is 0.0769 e. The van der Waals surface area contributed by atoms with Gasteiger partial charge in [-0.15, -0.1) is 0 Å². The predicted molar refractivity (Wildman–Crippen MR) is 90.9 cm³/mol. The van der Waals surface area contributed by atoms with Gasteiger partial charge < -0.3 is 0 Å². The molecule has 0 aromatic rings. The lowest BCUT2D eigenvalue weighted by molar-refractivity contribution is 0.122. The first-order valence-corrected chi connectivity index (χ1v) is 9.53. The molecule has 0 aromatic heterocycles. The van der Waals surface area contributed by atoms with Crippen LogP contribution < -0.4 is 0 Å². The largest absolute Gasteiger partial charge is 0.190 e. The minimum atomic E-state index is 0.384. The normalized spacial score (nSPS) is 54.6. The second kappa shape index (κ2) is 4.16. The maximum atomic E-state index is 5.01. The summed E-state index contributed by atoms with van der Waals surface area (Å²) in [6.45, 7) is 14.9. The van der Waals surface area contributed by atoms with Gasteiger partial charge in [0, 0.05) is 0 Å². The van der Waals surface area contributed by atoms with Crippen LogP contribution in [0.5, 0.6) is 0 Å². The van der Waals surface area contributed by atoms with Gasteiger partial charge in [0.1, 0.15) is 0 Å². The predicted octanol–water partition coefficient (Wildman–Crippen LogP) is 5.87. The summed E-state index contributed by atoms with van der Waals surface area (Å²) >= 11 is 0.